The predicted octanol–water partition coefficient (Wildman–Crippen LogP) is 3.61. The first-order valence-electron chi connectivity index (χ1n) is 8.85. The molecular weight excluding hydrogens is 308 g/mol. The van der Waals surface area contributed by atoms with Gasteiger partial charge in [0.05, 0.1) is 0 Å². The number of nitrogens with zero attached hydrogens (tertiary/aromatic N) is 1. The number of aromatic nitrogens is 1. The third-order valence-corrected chi connectivity index (χ3v) is 4.45. The molecule has 0 aliphatic carbocycles. The van der Waals surface area contributed by atoms with Crippen molar-refractivity contribution in [1.82, 2.24) is 5.32 Å². The summed E-state index contributed by atoms with van der Waals surface area (Å²) in [6, 6.07) is 18.9. The molecule has 0 saturated heterocycles. The summed E-state index contributed by atoms with van der Waals surface area (Å²) in [4.78, 5) is 12.2. The highest BCUT2D eigenvalue weighted by Crippen LogP contribution is 2.14. The minimum Gasteiger partial charge on any atom is -0.350 e. The van der Waals surface area contributed by atoms with E-state index in [0.29, 0.717) is 19.0 Å². The van der Waals surface area contributed by atoms with Crippen molar-refractivity contribution in [3.63, 3.8) is 0 Å². The highest BCUT2D eigenvalue weighted by molar-refractivity contribution is 5.80. The van der Waals surface area contributed by atoms with Gasteiger partial charge in [-0.3, -0.25) is 4.79 Å². The van der Waals surface area contributed by atoms with Gasteiger partial charge in [0.15, 0.2) is 12.4 Å². The van der Waals surface area contributed by atoms with Crippen LogP contribution in [0.2, 0.25) is 0 Å². The number of pyridine rings is 1. The first kappa shape index (κ1) is 17.2. The number of carbonyl (C=O) groups is 1. The van der Waals surface area contributed by atoms with Crippen molar-refractivity contribution in [3.05, 3.63) is 78.1 Å². The number of rotatable bonds is 6. The summed E-state index contributed by atoms with van der Waals surface area (Å²) in [5, 5.41) is 5.33. The van der Waals surface area contributed by atoms with E-state index in [4.69, 9.17) is 0 Å². The smallest absolute Gasteiger partial charge is 0.285 e. The lowest BCUT2D eigenvalue weighted by molar-refractivity contribution is -0.683. The predicted molar refractivity (Wildman–Crippen MR) is 101 cm³/mol. The van der Waals surface area contributed by atoms with E-state index >= 15 is 0 Å². The lowest BCUT2D eigenvalue weighted by Crippen LogP contribution is -2.42. The molecular formula is C22H25N2O+. The summed E-state index contributed by atoms with van der Waals surface area (Å²) in [5.41, 5.74) is 2.60. The van der Waals surface area contributed by atoms with Crippen molar-refractivity contribution in [2.45, 2.75) is 32.7 Å². The average molecular weight is 333 g/mol. The Morgan fingerprint density at radius 3 is 2.44 bits per heavy atom. The minimum atomic E-state index is 0.0408. The monoisotopic (exact) mass is 333 g/mol. The van der Waals surface area contributed by atoms with Crippen LogP contribution in [0.5, 0.6) is 0 Å². The summed E-state index contributed by atoms with van der Waals surface area (Å²) in [6.45, 7) is 5.39. The van der Waals surface area contributed by atoms with Gasteiger partial charge in [-0.2, -0.15) is 4.57 Å². The number of benzene rings is 2. The van der Waals surface area contributed by atoms with E-state index in [9.17, 15) is 4.79 Å². The zero-order chi connectivity index (χ0) is 17.6. The van der Waals surface area contributed by atoms with Crippen molar-refractivity contribution in [3.8, 4) is 0 Å². The Labute approximate surface area is 149 Å². The molecule has 0 aliphatic rings. The zero-order valence-electron chi connectivity index (χ0n) is 14.9. The van der Waals surface area contributed by atoms with Crippen LogP contribution >= 0.6 is 0 Å². The Kier molecular flexibility index (Phi) is 5.44. The maximum absolute atomic E-state index is 12.2. The molecule has 1 N–H and O–H groups in total. The second-order valence-electron chi connectivity index (χ2n) is 6.74. The summed E-state index contributed by atoms with van der Waals surface area (Å²) in [5.74, 6) is 0.590. The molecule has 0 spiro atoms. The molecule has 128 valence electrons. The molecule has 0 aliphatic heterocycles. The molecule has 2 aromatic carbocycles. The molecule has 3 nitrogen and oxygen atoms in total. The summed E-state index contributed by atoms with van der Waals surface area (Å²) < 4.78 is 1.93. The van der Waals surface area contributed by atoms with E-state index < -0.39 is 0 Å². The Morgan fingerprint density at radius 2 is 1.72 bits per heavy atom. The van der Waals surface area contributed by atoms with Crippen molar-refractivity contribution in [2.75, 3.05) is 6.54 Å². The van der Waals surface area contributed by atoms with Crippen LogP contribution in [0.4, 0.5) is 0 Å². The van der Waals surface area contributed by atoms with E-state index in [1.54, 1.807) is 0 Å². The van der Waals surface area contributed by atoms with Gasteiger partial charge in [0.1, 0.15) is 0 Å². The molecule has 0 unspecified atom stereocenters. The molecule has 0 radical (unpaired) electrons. The van der Waals surface area contributed by atoms with Crippen LogP contribution in [0.1, 0.15) is 30.9 Å². The van der Waals surface area contributed by atoms with Gasteiger partial charge in [-0.25, -0.2) is 0 Å². The van der Waals surface area contributed by atoms with Crippen LogP contribution in [0.3, 0.4) is 0 Å². The molecule has 3 aromatic rings. The first-order chi connectivity index (χ1) is 12.1. The van der Waals surface area contributed by atoms with Crippen LogP contribution < -0.4 is 9.88 Å². The summed E-state index contributed by atoms with van der Waals surface area (Å²) in [6.07, 6.45) is 4.82. The van der Waals surface area contributed by atoms with Crippen molar-refractivity contribution < 1.29 is 9.36 Å². The van der Waals surface area contributed by atoms with Crippen molar-refractivity contribution >= 4 is 16.7 Å². The third kappa shape index (κ3) is 4.66. The first-order valence-corrected chi connectivity index (χ1v) is 8.85. The topological polar surface area (TPSA) is 33.0 Å². The van der Waals surface area contributed by atoms with Gasteiger partial charge in [-0.05, 0) is 34.9 Å². The van der Waals surface area contributed by atoms with Crippen LogP contribution in [0.25, 0.3) is 10.8 Å². The van der Waals surface area contributed by atoms with Gasteiger partial charge < -0.3 is 5.32 Å². The molecule has 0 saturated carbocycles. The zero-order valence-corrected chi connectivity index (χ0v) is 14.9. The number of fused-ring (bicyclic) bond motifs is 1. The van der Waals surface area contributed by atoms with E-state index in [2.05, 4.69) is 55.6 Å². The van der Waals surface area contributed by atoms with E-state index in [-0.39, 0.29) is 5.91 Å². The van der Waals surface area contributed by atoms with Gasteiger partial charge in [0, 0.05) is 18.0 Å². The largest absolute Gasteiger partial charge is 0.350 e. The summed E-state index contributed by atoms with van der Waals surface area (Å²) in [7, 11) is 0. The quantitative estimate of drug-likeness (QED) is 0.687. The molecule has 0 atom stereocenters. The fourth-order valence-electron chi connectivity index (χ4n) is 2.91. The van der Waals surface area contributed by atoms with Crippen molar-refractivity contribution in [2.24, 2.45) is 0 Å². The third-order valence-electron chi connectivity index (χ3n) is 4.45. The number of hydrogen-bond donors (Lipinski definition) is 1. The average Bonchev–Trinajstić information content (AvgIpc) is 2.62. The van der Waals surface area contributed by atoms with Gasteiger partial charge in [0.25, 0.3) is 5.91 Å². The Morgan fingerprint density at radius 1 is 1.00 bits per heavy atom. The number of carbonyl (C=O) groups excluding carboxylic acids is 1. The second kappa shape index (κ2) is 7.93. The molecule has 1 amide bonds. The maximum atomic E-state index is 12.2. The number of nitrogens with one attached hydrogen (secondary N) is 1. The minimum absolute atomic E-state index is 0.0408. The fraction of sp³-hybridized carbons (Fsp3) is 0.273. The fourth-order valence-corrected chi connectivity index (χ4v) is 2.91. The molecule has 1 aromatic heterocycles. The summed E-state index contributed by atoms with van der Waals surface area (Å²) >= 11 is 0. The van der Waals surface area contributed by atoms with E-state index in [0.717, 1.165) is 11.8 Å². The molecule has 0 bridgehead atoms. The second-order valence-corrected chi connectivity index (χ2v) is 6.74. The SMILES string of the molecule is CC(C)c1ccc(CCNC(=O)C[n+]2ccc3ccccc3c2)cc1. The maximum Gasteiger partial charge on any atom is 0.285 e. The van der Waals surface area contributed by atoms with E-state index in [1.807, 2.05) is 35.2 Å². The Bertz CT molecular complexity index is 853. The van der Waals surface area contributed by atoms with Crippen molar-refractivity contribution in [1.29, 1.82) is 0 Å². The standard InChI is InChI=1S/C22H24N2O/c1-17(2)19-9-7-18(8-10-19)11-13-23-22(25)16-24-14-12-20-5-3-4-6-21(20)15-24/h3-10,12,14-15,17H,11,13,16H2,1-2H3/p+1. The Balaban J connectivity index is 1.50. The Hall–Kier alpha value is -2.68. The van der Waals surface area contributed by atoms with Gasteiger partial charge in [-0.15, -0.1) is 0 Å². The lowest BCUT2D eigenvalue weighted by Gasteiger charge is -2.07. The number of amides is 1. The van der Waals surface area contributed by atoms with Gasteiger partial charge in [0.2, 0.25) is 6.54 Å². The molecule has 0 fully saturated rings. The van der Waals surface area contributed by atoms with Crippen LogP contribution in [-0.4, -0.2) is 12.5 Å². The van der Waals surface area contributed by atoms with Gasteiger partial charge in [-0.1, -0.05) is 56.3 Å². The lowest BCUT2D eigenvalue weighted by atomic mass is 10.0. The molecule has 25 heavy (non-hydrogen) atoms. The molecule has 3 heteroatoms. The van der Waals surface area contributed by atoms with Crippen LogP contribution in [-0.2, 0) is 17.8 Å². The van der Waals surface area contributed by atoms with Crippen LogP contribution in [0.15, 0.2) is 67.0 Å². The molecule has 1 heterocycles. The number of hydrogen-bond acceptors (Lipinski definition) is 1. The van der Waals surface area contributed by atoms with Crippen LogP contribution in [0, 0.1) is 0 Å². The highest BCUT2D eigenvalue weighted by Gasteiger charge is 2.09. The highest BCUT2D eigenvalue weighted by atomic mass is 16.1. The van der Waals surface area contributed by atoms with Gasteiger partial charge >= 0.3 is 0 Å². The molecule has 3 rings (SSSR count). The van der Waals surface area contributed by atoms with E-state index in [1.165, 1.54) is 16.5 Å². The normalized spacial score (nSPS) is 11.0.